The summed E-state index contributed by atoms with van der Waals surface area (Å²) in [5.41, 5.74) is 2.89. The number of ether oxygens (including phenoxy) is 1. The first kappa shape index (κ1) is 17.9. The van der Waals surface area contributed by atoms with Gasteiger partial charge in [0.15, 0.2) is 0 Å². The maximum absolute atomic E-state index is 12.2. The predicted molar refractivity (Wildman–Crippen MR) is 105 cm³/mol. The first-order valence-electron chi connectivity index (χ1n) is 8.80. The molecule has 0 aliphatic rings. The Bertz CT molecular complexity index is 896. The number of benzene rings is 2. The fourth-order valence-corrected chi connectivity index (χ4v) is 2.70. The molecule has 0 unspecified atom stereocenters. The van der Waals surface area contributed by atoms with Gasteiger partial charge >= 0.3 is 0 Å². The van der Waals surface area contributed by atoms with Gasteiger partial charge in [0.2, 0.25) is 0 Å². The van der Waals surface area contributed by atoms with Gasteiger partial charge in [-0.3, -0.25) is 9.78 Å². The lowest BCUT2D eigenvalue weighted by atomic mass is 9.87. The van der Waals surface area contributed by atoms with Gasteiger partial charge in [0.05, 0.1) is 12.1 Å². The first-order valence-corrected chi connectivity index (χ1v) is 8.80. The quantitative estimate of drug-likeness (QED) is 0.698. The summed E-state index contributed by atoms with van der Waals surface area (Å²) in [6.07, 6.45) is 1.77. The smallest absolute Gasteiger partial charge is 0.251 e. The number of fused-ring (bicyclic) bond motifs is 1. The maximum Gasteiger partial charge on any atom is 0.251 e. The van der Waals surface area contributed by atoms with Crippen LogP contribution in [0.5, 0.6) is 5.75 Å². The molecule has 0 aliphatic carbocycles. The van der Waals surface area contributed by atoms with Crippen molar-refractivity contribution in [1.82, 2.24) is 10.3 Å². The predicted octanol–water partition coefficient (Wildman–Crippen LogP) is 4.34. The van der Waals surface area contributed by atoms with Gasteiger partial charge in [0.25, 0.3) is 5.91 Å². The van der Waals surface area contributed by atoms with Crippen LogP contribution in [0.2, 0.25) is 0 Å². The van der Waals surface area contributed by atoms with Crippen LogP contribution >= 0.6 is 0 Å². The Balaban J connectivity index is 1.50. The number of nitrogens with one attached hydrogen (secondary N) is 1. The maximum atomic E-state index is 12.2. The second-order valence-corrected chi connectivity index (χ2v) is 7.29. The van der Waals surface area contributed by atoms with Gasteiger partial charge in [-0.05, 0) is 47.4 Å². The van der Waals surface area contributed by atoms with Crippen LogP contribution in [0.3, 0.4) is 0 Å². The topological polar surface area (TPSA) is 51.2 Å². The minimum Gasteiger partial charge on any atom is -0.492 e. The van der Waals surface area contributed by atoms with Crippen LogP contribution in [-0.4, -0.2) is 24.0 Å². The molecule has 2 aromatic carbocycles. The lowest BCUT2D eigenvalue weighted by Gasteiger charge is -2.19. The van der Waals surface area contributed by atoms with Gasteiger partial charge in [-0.15, -0.1) is 0 Å². The average molecular weight is 348 g/mol. The van der Waals surface area contributed by atoms with Crippen molar-refractivity contribution in [2.24, 2.45) is 0 Å². The molecule has 0 radical (unpaired) electrons. The van der Waals surface area contributed by atoms with Crippen LogP contribution in [0.1, 0.15) is 36.7 Å². The molecule has 4 heteroatoms. The number of carbonyl (C=O) groups excluding carboxylic acids is 1. The van der Waals surface area contributed by atoms with Crippen molar-refractivity contribution < 1.29 is 9.53 Å². The monoisotopic (exact) mass is 348 g/mol. The van der Waals surface area contributed by atoms with E-state index in [1.54, 1.807) is 6.20 Å². The third kappa shape index (κ3) is 4.39. The molecule has 0 saturated carbocycles. The molecule has 0 spiro atoms. The number of rotatable bonds is 5. The lowest BCUT2D eigenvalue weighted by molar-refractivity contribution is 0.0947. The molecule has 4 nitrogen and oxygen atoms in total. The lowest BCUT2D eigenvalue weighted by Crippen LogP contribution is -2.28. The van der Waals surface area contributed by atoms with E-state index in [9.17, 15) is 4.79 Å². The van der Waals surface area contributed by atoms with Gasteiger partial charge < -0.3 is 10.1 Å². The van der Waals surface area contributed by atoms with Gasteiger partial charge in [-0.2, -0.15) is 0 Å². The molecule has 1 aromatic heterocycles. The number of amides is 1. The minimum absolute atomic E-state index is 0.0816. The van der Waals surface area contributed by atoms with E-state index in [4.69, 9.17) is 4.74 Å². The zero-order valence-electron chi connectivity index (χ0n) is 15.5. The molecule has 0 bridgehead atoms. The van der Waals surface area contributed by atoms with E-state index >= 15 is 0 Å². The number of pyridine rings is 1. The summed E-state index contributed by atoms with van der Waals surface area (Å²) in [4.78, 5) is 16.5. The molecule has 3 aromatic rings. The standard InChI is InChI=1S/C22H24N2O2/c1-22(2,3)18-8-6-16(7-9-18)21(25)24-13-14-26-19-10-11-20-17(15-19)5-4-12-23-20/h4-12,15H,13-14H2,1-3H3,(H,24,25). The van der Waals surface area contributed by atoms with Crippen molar-refractivity contribution in [3.63, 3.8) is 0 Å². The van der Waals surface area contributed by atoms with Crippen molar-refractivity contribution in [3.05, 3.63) is 71.9 Å². The number of aromatic nitrogens is 1. The highest BCUT2D eigenvalue weighted by Crippen LogP contribution is 2.22. The number of hydrogen-bond donors (Lipinski definition) is 1. The van der Waals surface area contributed by atoms with Crippen LogP contribution in [0, 0.1) is 0 Å². The van der Waals surface area contributed by atoms with E-state index in [0.717, 1.165) is 16.7 Å². The molecule has 3 rings (SSSR count). The van der Waals surface area contributed by atoms with Crippen LogP contribution in [-0.2, 0) is 5.41 Å². The van der Waals surface area contributed by atoms with Crippen molar-refractivity contribution >= 4 is 16.8 Å². The highest BCUT2D eigenvalue weighted by atomic mass is 16.5. The van der Waals surface area contributed by atoms with Gasteiger partial charge in [-0.1, -0.05) is 39.0 Å². The van der Waals surface area contributed by atoms with Crippen molar-refractivity contribution in [2.75, 3.05) is 13.2 Å². The molecule has 0 aliphatic heterocycles. The number of nitrogens with zero attached hydrogens (tertiary/aromatic N) is 1. The zero-order valence-corrected chi connectivity index (χ0v) is 15.5. The van der Waals surface area contributed by atoms with Crippen LogP contribution in [0.25, 0.3) is 10.9 Å². The Morgan fingerprint density at radius 3 is 2.58 bits per heavy atom. The summed E-state index contributed by atoms with van der Waals surface area (Å²) in [6, 6.07) is 17.4. The Morgan fingerprint density at radius 2 is 1.85 bits per heavy atom. The Morgan fingerprint density at radius 1 is 1.08 bits per heavy atom. The molecular weight excluding hydrogens is 324 g/mol. The molecule has 26 heavy (non-hydrogen) atoms. The van der Waals surface area contributed by atoms with E-state index in [1.807, 2.05) is 54.6 Å². The van der Waals surface area contributed by atoms with Gasteiger partial charge in [0.1, 0.15) is 12.4 Å². The molecule has 0 saturated heterocycles. The first-order chi connectivity index (χ1) is 12.4. The number of hydrogen-bond acceptors (Lipinski definition) is 3. The summed E-state index contributed by atoms with van der Waals surface area (Å²) >= 11 is 0. The highest BCUT2D eigenvalue weighted by molar-refractivity contribution is 5.94. The number of carbonyl (C=O) groups is 1. The largest absolute Gasteiger partial charge is 0.492 e. The zero-order chi connectivity index (χ0) is 18.6. The highest BCUT2D eigenvalue weighted by Gasteiger charge is 2.14. The molecule has 0 fully saturated rings. The average Bonchev–Trinajstić information content (AvgIpc) is 2.64. The second-order valence-electron chi connectivity index (χ2n) is 7.29. The Kier molecular flexibility index (Phi) is 5.21. The summed E-state index contributed by atoms with van der Waals surface area (Å²) in [5, 5.41) is 3.92. The van der Waals surface area contributed by atoms with E-state index in [-0.39, 0.29) is 11.3 Å². The summed E-state index contributed by atoms with van der Waals surface area (Å²) < 4.78 is 5.72. The van der Waals surface area contributed by atoms with Crippen LogP contribution in [0.15, 0.2) is 60.8 Å². The molecule has 1 amide bonds. The molecule has 0 atom stereocenters. The minimum atomic E-state index is -0.0863. The summed E-state index contributed by atoms with van der Waals surface area (Å²) in [6.45, 7) is 7.33. The Hall–Kier alpha value is -2.88. The molecule has 1 N–H and O–H groups in total. The third-order valence-electron chi connectivity index (χ3n) is 4.24. The van der Waals surface area contributed by atoms with E-state index in [0.29, 0.717) is 18.7 Å². The van der Waals surface area contributed by atoms with Crippen molar-refractivity contribution in [2.45, 2.75) is 26.2 Å². The fourth-order valence-electron chi connectivity index (χ4n) is 2.70. The molecule has 134 valence electrons. The Labute approximate surface area is 154 Å². The van der Waals surface area contributed by atoms with Crippen molar-refractivity contribution in [1.29, 1.82) is 0 Å². The van der Waals surface area contributed by atoms with Gasteiger partial charge in [0, 0.05) is 17.1 Å². The van der Waals surface area contributed by atoms with Gasteiger partial charge in [-0.25, -0.2) is 0 Å². The SMILES string of the molecule is CC(C)(C)c1ccc(C(=O)NCCOc2ccc3ncccc3c2)cc1. The van der Waals surface area contributed by atoms with Crippen LogP contribution < -0.4 is 10.1 Å². The van der Waals surface area contributed by atoms with E-state index in [2.05, 4.69) is 31.1 Å². The molecule has 1 heterocycles. The van der Waals surface area contributed by atoms with Crippen LogP contribution in [0.4, 0.5) is 0 Å². The van der Waals surface area contributed by atoms with E-state index < -0.39 is 0 Å². The second kappa shape index (κ2) is 7.56. The normalized spacial score (nSPS) is 11.3. The summed E-state index contributed by atoms with van der Waals surface area (Å²) in [5.74, 6) is 0.686. The van der Waals surface area contributed by atoms with E-state index in [1.165, 1.54) is 5.56 Å². The van der Waals surface area contributed by atoms with Crippen molar-refractivity contribution in [3.8, 4) is 5.75 Å². The molecular formula is C22H24N2O2. The summed E-state index contributed by atoms with van der Waals surface area (Å²) in [7, 11) is 0. The fraction of sp³-hybridized carbons (Fsp3) is 0.273. The third-order valence-corrected chi connectivity index (χ3v) is 4.24.